The summed E-state index contributed by atoms with van der Waals surface area (Å²) in [5, 5.41) is 12.7. The number of aromatic nitrogens is 5. The van der Waals surface area contributed by atoms with Crippen LogP contribution in [-0.2, 0) is 0 Å². The second-order valence-corrected chi connectivity index (χ2v) is 8.19. The van der Waals surface area contributed by atoms with Crippen LogP contribution in [0.1, 0.15) is 19.8 Å². The normalized spacial score (nSPS) is 16.6. The van der Waals surface area contributed by atoms with Crippen molar-refractivity contribution in [1.82, 2.24) is 30.2 Å². The molecule has 11 nitrogen and oxygen atoms in total. The molecule has 0 spiro atoms. The standard InChI is InChI=1S/C23H25N7O4/c1-14(31)10-24-23(32)34-19-9-18(16-6-2-3-7-17(16)29-19)33-11-15-5-4-8-30(15)22-20-21(26-12-25-20)27-13-28-22/h2-3,6-7,9,12-15,31H,4-5,8,10-11H2,1H3,(H,24,32)(H,25,26,27,28)/t14?,15-/m1/s1. The number of nitrogens with zero attached hydrogens (tertiary/aromatic N) is 5. The highest BCUT2D eigenvalue weighted by molar-refractivity contribution is 5.86. The fourth-order valence-electron chi connectivity index (χ4n) is 4.09. The van der Waals surface area contributed by atoms with E-state index in [4.69, 9.17) is 9.47 Å². The summed E-state index contributed by atoms with van der Waals surface area (Å²) in [7, 11) is 0. The average Bonchev–Trinajstić information content (AvgIpc) is 3.50. The second-order valence-electron chi connectivity index (χ2n) is 8.19. The molecule has 3 N–H and O–H groups in total. The molecule has 11 heteroatoms. The van der Waals surface area contributed by atoms with Gasteiger partial charge in [-0.3, -0.25) is 0 Å². The van der Waals surface area contributed by atoms with Crippen LogP contribution in [0.2, 0.25) is 0 Å². The minimum Gasteiger partial charge on any atom is -0.491 e. The summed E-state index contributed by atoms with van der Waals surface area (Å²) in [6.07, 6.45) is 3.75. The highest BCUT2D eigenvalue weighted by Crippen LogP contribution is 2.31. The first-order chi connectivity index (χ1) is 16.6. The Hall–Kier alpha value is -3.99. The number of carbonyl (C=O) groups is 1. The molecule has 1 saturated heterocycles. The lowest BCUT2D eigenvalue weighted by Gasteiger charge is -2.26. The van der Waals surface area contributed by atoms with Gasteiger partial charge in [0, 0.05) is 24.5 Å². The quantitative estimate of drug-likeness (QED) is 0.377. The Bertz CT molecular complexity index is 1310. The van der Waals surface area contributed by atoms with Crippen molar-refractivity contribution >= 4 is 34.0 Å². The zero-order valence-corrected chi connectivity index (χ0v) is 18.6. The maximum atomic E-state index is 12.1. The van der Waals surface area contributed by atoms with Crippen molar-refractivity contribution in [2.45, 2.75) is 31.9 Å². The SMILES string of the molecule is CC(O)CNC(=O)Oc1cc(OC[C@H]2CCCN2c2ncnc3[nH]cnc23)c2ccccc2n1. The van der Waals surface area contributed by atoms with E-state index in [1.165, 1.54) is 6.33 Å². The van der Waals surface area contributed by atoms with E-state index in [-0.39, 0.29) is 18.5 Å². The number of aliphatic hydroxyl groups is 1. The molecule has 4 aromatic rings. The first kappa shape index (κ1) is 21.8. The Morgan fingerprint density at radius 3 is 3.09 bits per heavy atom. The van der Waals surface area contributed by atoms with Crippen molar-refractivity contribution in [3.05, 3.63) is 43.0 Å². The number of para-hydroxylation sites is 1. The second kappa shape index (κ2) is 9.48. The molecule has 0 bridgehead atoms. The van der Waals surface area contributed by atoms with Crippen LogP contribution < -0.4 is 19.7 Å². The molecule has 1 fully saturated rings. The molecule has 4 heterocycles. The van der Waals surface area contributed by atoms with Gasteiger partial charge >= 0.3 is 6.09 Å². The van der Waals surface area contributed by atoms with Gasteiger partial charge in [-0.25, -0.2) is 24.7 Å². The number of carbonyl (C=O) groups excluding carboxylic acids is 1. The molecule has 1 amide bonds. The molecule has 3 aromatic heterocycles. The van der Waals surface area contributed by atoms with E-state index in [1.807, 2.05) is 24.3 Å². The summed E-state index contributed by atoms with van der Waals surface area (Å²) in [5.74, 6) is 1.48. The maximum Gasteiger partial charge on any atom is 0.414 e. The minimum atomic E-state index is -0.691. The maximum absolute atomic E-state index is 12.1. The van der Waals surface area contributed by atoms with Crippen LogP contribution in [0.3, 0.4) is 0 Å². The van der Waals surface area contributed by atoms with Gasteiger partial charge in [0.05, 0.1) is 24.0 Å². The summed E-state index contributed by atoms with van der Waals surface area (Å²) >= 11 is 0. The van der Waals surface area contributed by atoms with Crippen molar-refractivity contribution in [2.24, 2.45) is 0 Å². The minimum absolute atomic E-state index is 0.0829. The van der Waals surface area contributed by atoms with Crippen molar-refractivity contribution < 1.29 is 19.4 Å². The van der Waals surface area contributed by atoms with E-state index in [0.29, 0.717) is 23.5 Å². The fraction of sp³-hybridized carbons (Fsp3) is 0.348. The Morgan fingerprint density at radius 1 is 1.32 bits per heavy atom. The Labute approximate surface area is 195 Å². The van der Waals surface area contributed by atoms with E-state index in [2.05, 4.69) is 35.1 Å². The van der Waals surface area contributed by atoms with Gasteiger partial charge in [0.15, 0.2) is 11.5 Å². The van der Waals surface area contributed by atoms with Gasteiger partial charge in [-0.2, -0.15) is 0 Å². The zero-order valence-electron chi connectivity index (χ0n) is 18.6. The van der Waals surface area contributed by atoms with Crippen LogP contribution in [0.5, 0.6) is 11.6 Å². The van der Waals surface area contributed by atoms with Crippen LogP contribution in [-0.4, -0.2) is 68.0 Å². The Kier molecular flexibility index (Phi) is 6.09. The van der Waals surface area contributed by atoms with E-state index in [9.17, 15) is 9.90 Å². The van der Waals surface area contributed by atoms with Crippen LogP contribution >= 0.6 is 0 Å². The number of anilines is 1. The molecule has 0 aliphatic carbocycles. The molecule has 1 aliphatic heterocycles. The van der Waals surface area contributed by atoms with Crippen molar-refractivity contribution in [3.8, 4) is 11.6 Å². The Morgan fingerprint density at radius 2 is 2.21 bits per heavy atom. The molecule has 2 atom stereocenters. The van der Waals surface area contributed by atoms with Gasteiger partial charge in [-0.15, -0.1) is 0 Å². The number of hydrogen-bond donors (Lipinski definition) is 3. The van der Waals surface area contributed by atoms with Gasteiger partial charge in [0.2, 0.25) is 5.88 Å². The third kappa shape index (κ3) is 4.55. The van der Waals surface area contributed by atoms with Gasteiger partial charge in [-0.05, 0) is 31.9 Å². The van der Waals surface area contributed by atoms with Crippen LogP contribution in [0.15, 0.2) is 43.0 Å². The lowest BCUT2D eigenvalue weighted by atomic mass is 10.2. The summed E-state index contributed by atoms with van der Waals surface area (Å²) in [4.78, 5) is 34.8. The number of amides is 1. The molecule has 34 heavy (non-hydrogen) atoms. The van der Waals surface area contributed by atoms with E-state index in [0.717, 1.165) is 36.1 Å². The number of fused-ring (bicyclic) bond motifs is 2. The largest absolute Gasteiger partial charge is 0.491 e. The molecule has 176 valence electrons. The van der Waals surface area contributed by atoms with Gasteiger partial charge in [0.25, 0.3) is 0 Å². The number of imidazole rings is 1. The predicted octanol–water partition coefficient (Wildman–Crippen LogP) is 2.42. The molecular formula is C23H25N7O4. The molecule has 1 unspecified atom stereocenters. The van der Waals surface area contributed by atoms with Crippen molar-refractivity contribution in [3.63, 3.8) is 0 Å². The summed E-state index contributed by atoms with van der Waals surface area (Å²) < 4.78 is 11.6. The lowest BCUT2D eigenvalue weighted by molar-refractivity contribution is 0.171. The number of pyridine rings is 1. The van der Waals surface area contributed by atoms with Crippen LogP contribution in [0.25, 0.3) is 22.1 Å². The number of hydrogen-bond acceptors (Lipinski definition) is 9. The first-order valence-corrected chi connectivity index (χ1v) is 11.2. The third-order valence-electron chi connectivity index (χ3n) is 5.67. The zero-order chi connectivity index (χ0) is 23.5. The van der Waals surface area contributed by atoms with Gasteiger partial charge in [-0.1, -0.05) is 12.1 Å². The average molecular weight is 463 g/mol. The smallest absolute Gasteiger partial charge is 0.414 e. The van der Waals surface area contributed by atoms with Crippen LogP contribution in [0.4, 0.5) is 10.6 Å². The number of benzene rings is 1. The number of aliphatic hydroxyl groups excluding tert-OH is 1. The molecule has 0 saturated carbocycles. The fourth-order valence-corrected chi connectivity index (χ4v) is 4.09. The lowest BCUT2D eigenvalue weighted by Crippen LogP contribution is -2.35. The molecular weight excluding hydrogens is 438 g/mol. The number of H-pyrrole nitrogens is 1. The van der Waals surface area contributed by atoms with E-state index >= 15 is 0 Å². The van der Waals surface area contributed by atoms with E-state index in [1.54, 1.807) is 19.3 Å². The first-order valence-electron chi connectivity index (χ1n) is 11.2. The monoisotopic (exact) mass is 463 g/mol. The molecule has 1 aromatic carbocycles. The number of ether oxygens (including phenoxy) is 2. The van der Waals surface area contributed by atoms with Crippen molar-refractivity contribution in [2.75, 3.05) is 24.6 Å². The topological polar surface area (TPSA) is 138 Å². The van der Waals surface area contributed by atoms with Gasteiger partial charge in [0.1, 0.15) is 24.2 Å². The number of rotatable bonds is 7. The van der Waals surface area contributed by atoms with Gasteiger partial charge < -0.3 is 29.8 Å². The van der Waals surface area contributed by atoms with E-state index < -0.39 is 12.2 Å². The highest BCUT2D eigenvalue weighted by Gasteiger charge is 2.29. The summed E-state index contributed by atoms with van der Waals surface area (Å²) in [6, 6.07) is 9.22. The predicted molar refractivity (Wildman–Crippen MR) is 125 cm³/mol. The molecule has 1 aliphatic rings. The van der Waals surface area contributed by atoms with Crippen LogP contribution in [0, 0.1) is 0 Å². The number of nitrogens with one attached hydrogen (secondary N) is 2. The molecule has 0 radical (unpaired) electrons. The Balaban J connectivity index is 1.35. The third-order valence-corrected chi connectivity index (χ3v) is 5.67. The summed E-state index contributed by atoms with van der Waals surface area (Å²) in [6.45, 7) is 2.92. The number of aromatic amines is 1. The van der Waals surface area contributed by atoms with Crippen molar-refractivity contribution in [1.29, 1.82) is 0 Å². The summed E-state index contributed by atoms with van der Waals surface area (Å²) in [5.41, 5.74) is 2.09. The highest BCUT2D eigenvalue weighted by atomic mass is 16.6. The molecule has 5 rings (SSSR count).